The van der Waals surface area contributed by atoms with Gasteiger partial charge < -0.3 is 19.7 Å². The lowest BCUT2D eigenvalue weighted by atomic mass is 10.4. The molecule has 2 rings (SSSR count). The molecule has 0 amide bonds. The summed E-state index contributed by atoms with van der Waals surface area (Å²) in [6.45, 7) is 7.85. The molecule has 0 bridgehead atoms. The molecule has 0 aromatic carbocycles. The van der Waals surface area contributed by atoms with Crippen LogP contribution in [0.1, 0.15) is 0 Å². The Kier molecular flexibility index (Phi) is 6.10. The van der Waals surface area contributed by atoms with Crippen molar-refractivity contribution in [3.63, 3.8) is 0 Å². The predicted octanol–water partition coefficient (Wildman–Crippen LogP) is -0.445. The second-order valence-corrected chi connectivity index (χ2v) is 3.28. The van der Waals surface area contributed by atoms with Gasteiger partial charge in [0, 0.05) is 26.2 Å². The van der Waals surface area contributed by atoms with Gasteiger partial charge >= 0.3 is 0 Å². The van der Waals surface area contributed by atoms with Crippen molar-refractivity contribution in [3.05, 3.63) is 0 Å². The first-order valence-corrected chi connectivity index (χ1v) is 4.94. The van der Waals surface area contributed by atoms with Gasteiger partial charge in [-0.25, -0.2) is 0 Å². The minimum Gasteiger partial charge on any atom is -0.377 e. The van der Waals surface area contributed by atoms with Gasteiger partial charge in [0.25, 0.3) is 0 Å². The van der Waals surface area contributed by atoms with E-state index in [1.165, 1.54) is 13.1 Å². The van der Waals surface area contributed by atoms with Crippen LogP contribution in [-0.2, 0) is 9.47 Å². The van der Waals surface area contributed by atoms with E-state index in [4.69, 9.17) is 9.47 Å². The summed E-state index contributed by atoms with van der Waals surface area (Å²) in [5.74, 6) is 0. The molecule has 2 aliphatic heterocycles. The molecule has 78 valence electrons. The van der Waals surface area contributed by atoms with E-state index in [9.17, 15) is 0 Å². The first-order valence-electron chi connectivity index (χ1n) is 4.94. The van der Waals surface area contributed by atoms with Gasteiger partial charge in [-0.1, -0.05) is 0 Å². The van der Waals surface area contributed by atoms with E-state index < -0.39 is 0 Å². The summed E-state index contributed by atoms with van der Waals surface area (Å²) in [6.07, 6.45) is 0. The van der Waals surface area contributed by atoms with Gasteiger partial charge in [0.2, 0.25) is 0 Å². The van der Waals surface area contributed by atoms with Gasteiger partial charge in [0.1, 0.15) is 0 Å². The highest BCUT2D eigenvalue weighted by Crippen LogP contribution is 1.85. The fraction of sp³-hybridized carbons (Fsp3) is 1.00. The molecule has 2 heterocycles. The average molecular weight is 188 g/mol. The smallest absolute Gasteiger partial charge is 0.0701 e. The normalized spacial score (nSPS) is 24.7. The van der Waals surface area contributed by atoms with Crippen molar-refractivity contribution in [2.24, 2.45) is 0 Å². The Morgan fingerprint density at radius 1 is 0.923 bits per heavy atom. The predicted molar refractivity (Wildman–Crippen MR) is 52.0 cm³/mol. The highest BCUT2D eigenvalue weighted by Gasteiger charge is 2.01. The summed E-state index contributed by atoms with van der Waals surface area (Å²) < 4.78 is 9.89. The Morgan fingerprint density at radius 3 is 1.62 bits per heavy atom. The lowest BCUT2D eigenvalue weighted by Crippen LogP contribution is -2.40. The third kappa shape index (κ3) is 5.99. The highest BCUT2D eigenvalue weighted by atomic mass is 16.6. The van der Waals surface area contributed by atoms with Crippen LogP contribution in [0.5, 0.6) is 0 Å². The average Bonchev–Trinajstić information content (AvgIpc) is 2.22. The minimum atomic E-state index is 0.778. The largest absolute Gasteiger partial charge is 0.377 e. The summed E-state index contributed by atoms with van der Waals surface area (Å²) in [5.41, 5.74) is 0. The highest BCUT2D eigenvalue weighted by molar-refractivity contribution is 4.62. The quantitative estimate of drug-likeness (QED) is 0.558. The minimum absolute atomic E-state index is 0.778. The number of piperazine rings is 1. The third-order valence-corrected chi connectivity index (χ3v) is 2.08. The molecule has 0 saturated carbocycles. The van der Waals surface area contributed by atoms with Crippen LogP contribution in [0, 0.1) is 0 Å². The number of nitrogens with zero attached hydrogens (tertiary/aromatic N) is 1. The zero-order valence-electron chi connectivity index (χ0n) is 8.42. The summed E-state index contributed by atoms with van der Waals surface area (Å²) in [5, 5.41) is 3.27. The van der Waals surface area contributed by atoms with Crippen molar-refractivity contribution in [1.82, 2.24) is 10.2 Å². The van der Waals surface area contributed by atoms with E-state index in [1.807, 2.05) is 0 Å². The summed E-state index contributed by atoms with van der Waals surface area (Å²) >= 11 is 0. The molecule has 4 heteroatoms. The first-order chi connectivity index (χ1) is 6.39. The molecule has 2 saturated heterocycles. The zero-order chi connectivity index (χ0) is 9.36. The van der Waals surface area contributed by atoms with E-state index in [0.717, 1.165) is 39.5 Å². The second-order valence-electron chi connectivity index (χ2n) is 3.28. The maximum Gasteiger partial charge on any atom is 0.0701 e. The van der Waals surface area contributed by atoms with Crippen LogP contribution in [0.15, 0.2) is 0 Å². The maximum absolute atomic E-state index is 4.94. The van der Waals surface area contributed by atoms with Crippen LogP contribution in [0.3, 0.4) is 0 Å². The van der Waals surface area contributed by atoms with Gasteiger partial charge in [-0.2, -0.15) is 0 Å². The van der Waals surface area contributed by atoms with E-state index in [-0.39, 0.29) is 0 Å². The van der Waals surface area contributed by atoms with Crippen LogP contribution in [-0.4, -0.2) is 64.6 Å². The van der Waals surface area contributed by atoms with Crippen molar-refractivity contribution in [2.75, 3.05) is 59.7 Å². The Balaban J connectivity index is 0.000000132. The molecule has 0 unspecified atom stereocenters. The van der Waals surface area contributed by atoms with E-state index in [0.29, 0.717) is 0 Å². The molecule has 13 heavy (non-hydrogen) atoms. The summed E-state index contributed by atoms with van der Waals surface area (Å²) in [4.78, 5) is 2.33. The Bertz CT molecular complexity index is 101. The van der Waals surface area contributed by atoms with Crippen LogP contribution in [0.2, 0.25) is 0 Å². The summed E-state index contributed by atoms with van der Waals surface area (Å²) in [6, 6.07) is 0. The van der Waals surface area contributed by atoms with Crippen LogP contribution < -0.4 is 5.32 Å². The molecule has 0 aliphatic carbocycles. The van der Waals surface area contributed by atoms with Gasteiger partial charge in [-0.15, -0.1) is 0 Å². The van der Waals surface area contributed by atoms with E-state index in [2.05, 4.69) is 17.3 Å². The number of hydrogen-bond acceptors (Lipinski definition) is 4. The SMILES string of the molecule is C1COCCO1.CN1CCNCC1. The second kappa shape index (κ2) is 7.26. The monoisotopic (exact) mass is 188 g/mol. The molecule has 0 spiro atoms. The van der Waals surface area contributed by atoms with Gasteiger partial charge in [0.05, 0.1) is 26.4 Å². The molecule has 4 nitrogen and oxygen atoms in total. The van der Waals surface area contributed by atoms with Crippen molar-refractivity contribution >= 4 is 0 Å². The third-order valence-electron chi connectivity index (χ3n) is 2.08. The number of ether oxygens (including phenoxy) is 2. The van der Waals surface area contributed by atoms with Gasteiger partial charge in [-0.3, -0.25) is 0 Å². The van der Waals surface area contributed by atoms with Crippen molar-refractivity contribution in [3.8, 4) is 0 Å². The zero-order valence-corrected chi connectivity index (χ0v) is 8.42. The Hall–Kier alpha value is -0.160. The number of rotatable bonds is 0. The number of likely N-dealkylation sites (N-methyl/N-ethyl adjacent to an activating group) is 1. The molecular weight excluding hydrogens is 168 g/mol. The Labute approximate surface area is 80.2 Å². The van der Waals surface area contributed by atoms with Crippen molar-refractivity contribution < 1.29 is 9.47 Å². The molecule has 1 N–H and O–H groups in total. The molecule has 0 aromatic heterocycles. The molecule has 0 radical (unpaired) electrons. The molecule has 2 aliphatic rings. The Morgan fingerprint density at radius 2 is 1.38 bits per heavy atom. The fourth-order valence-electron chi connectivity index (χ4n) is 1.22. The van der Waals surface area contributed by atoms with Crippen LogP contribution in [0.25, 0.3) is 0 Å². The lowest BCUT2D eigenvalue weighted by molar-refractivity contribution is -0.0334. The van der Waals surface area contributed by atoms with Gasteiger partial charge in [-0.05, 0) is 7.05 Å². The standard InChI is InChI=1S/C5H12N2.C4H8O2/c1-7-4-2-6-3-5-7;1-2-6-4-3-5-1/h6H,2-5H2,1H3;1-4H2. The van der Waals surface area contributed by atoms with E-state index in [1.54, 1.807) is 0 Å². The van der Waals surface area contributed by atoms with Gasteiger partial charge in [0.15, 0.2) is 0 Å². The molecule has 0 aromatic rings. The van der Waals surface area contributed by atoms with Crippen LogP contribution >= 0.6 is 0 Å². The van der Waals surface area contributed by atoms with Crippen molar-refractivity contribution in [2.45, 2.75) is 0 Å². The number of hydrogen-bond donors (Lipinski definition) is 1. The van der Waals surface area contributed by atoms with Crippen LogP contribution in [0.4, 0.5) is 0 Å². The summed E-state index contributed by atoms with van der Waals surface area (Å²) in [7, 11) is 2.15. The molecular formula is C9H20N2O2. The fourth-order valence-corrected chi connectivity index (χ4v) is 1.22. The molecule has 0 atom stereocenters. The first kappa shape index (κ1) is 10.9. The molecule has 2 fully saturated rings. The number of nitrogens with one attached hydrogen (secondary N) is 1. The van der Waals surface area contributed by atoms with E-state index >= 15 is 0 Å². The maximum atomic E-state index is 4.94. The lowest BCUT2D eigenvalue weighted by Gasteiger charge is -2.21. The topological polar surface area (TPSA) is 33.7 Å². The van der Waals surface area contributed by atoms with Crippen molar-refractivity contribution in [1.29, 1.82) is 0 Å².